The molecule has 308 valence electrons. The maximum absolute atomic E-state index is 13.3. The molecule has 0 bridgehead atoms. The summed E-state index contributed by atoms with van der Waals surface area (Å²) >= 11 is 12.3. The summed E-state index contributed by atoms with van der Waals surface area (Å²) in [5.74, 6) is 0.502. The van der Waals surface area contributed by atoms with E-state index < -0.39 is 23.7 Å². The molecule has 0 unspecified atom stereocenters. The van der Waals surface area contributed by atoms with E-state index in [1.165, 1.54) is 38.5 Å². The van der Waals surface area contributed by atoms with Gasteiger partial charge in [0.1, 0.15) is 37.9 Å². The summed E-state index contributed by atoms with van der Waals surface area (Å²) in [6.07, 6.45) is 0.898. The minimum Gasteiger partial charge on any atom is -0.399 e. The minimum absolute atomic E-state index is 0.200. The average molecular weight is 858 g/mol. The lowest BCUT2D eigenvalue weighted by atomic mass is 10.0. The molecule has 0 spiro atoms. The van der Waals surface area contributed by atoms with Gasteiger partial charge in [0.25, 0.3) is 11.8 Å². The van der Waals surface area contributed by atoms with Crippen molar-refractivity contribution in [1.82, 2.24) is 30.1 Å². The molecule has 2 atom stereocenters. The van der Waals surface area contributed by atoms with Crippen molar-refractivity contribution in [2.24, 2.45) is 10.3 Å². The first-order valence-electron chi connectivity index (χ1n) is 18.4. The number of hydrogen-bond acceptors (Lipinski definition) is 12. The van der Waals surface area contributed by atoms with Crippen LogP contribution >= 0.6 is 23.2 Å². The summed E-state index contributed by atoms with van der Waals surface area (Å²) in [7, 11) is 2.92. The molecule has 6 aromatic rings. The van der Waals surface area contributed by atoms with Gasteiger partial charge in [0.2, 0.25) is 11.8 Å². The van der Waals surface area contributed by atoms with Crippen molar-refractivity contribution in [3.8, 4) is 22.3 Å². The van der Waals surface area contributed by atoms with Gasteiger partial charge in [-0.15, -0.1) is 0 Å². The van der Waals surface area contributed by atoms with Crippen LogP contribution in [0, 0.1) is 25.5 Å². The van der Waals surface area contributed by atoms with Crippen molar-refractivity contribution < 1.29 is 37.1 Å². The van der Waals surface area contributed by atoms with Gasteiger partial charge in [-0.3, -0.25) is 9.59 Å². The van der Waals surface area contributed by atoms with E-state index in [4.69, 9.17) is 41.9 Å². The third kappa shape index (κ3) is 9.19. The molecule has 2 aromatic heterocycles. The van der Waals surface area contributed by atoms with E-state index in [1.54, 1.807) is 84.3 Å². The van der Waals surface area contributed by atoms with E-state index in [-0.39, 0.29) is 11.8 Å². The van der Waals surface area contributed by atoms with Crippen LogP contribution in [-0.2, 0) is 9.68 Å². The first kappa shape index (κ1) is 41.6. The Morgan fingerprint density at radius 2 is 1.03 bits per heavy atom. The molecule has 4 heterocycles. The smallest absolute Gasteiger partial charge is 0.254 e. The van der Waals surface area contributed by atoms with Crippen molar-refractivity contribution in [2.45, 2.75) is 38.8 Å². The number of nitrogens with zero attached hydrogens (tertiary/aromatic N) is 8. The fraction of sp³-hybridized carbons (Fsp3) is 0.238. The summed E-state index contributed by atoms with van der Waals surface area (Å²) in [6, 6.07) is 21.5. The third-order valence-corrected chi connectivity index (χ3v) is 10.3. The Morgan fingerprint density at radius 3 is 1.35 bits per heavy atom. The van der Waals surface area contributed by atoms with Gasteiger partial charge < -0.3 is 28.5 Å². The van der Waals surface area contributed by atoms with Crippen LogP contribution in [0.1, 0.15) is 69.1 Å². The molecule has 2 amide bonds. The molecule has 0 saturated carbocycles. The van der Waals surface area contributed by atoms with Gasteiger partial charge >= 0.3 is 0 Å². The Balaban J connectivity index is 0.000000181. The molecule has 2 saturated heterocycles. The number of carbonyl (C=O) groups excluding carboxylic acids is 2. The molecule has 2 fully saturated rings. The topological polar surface area (TPSA) is 162 Å². The van der Waals surface area contributed by atoms with Gasteiger partial charge in [0.05, 0.1) is 34.6 Å². The third-order valence-electron chi connectivity index (χ3n) is 9.68. The number of benzene rings is 4. The Morgan fingerprint density at radius 1 is 0.650 bits per heavy atom. The van der Waals surface area contributed by atoms with E-state index in [1.807, 2.05) is 0 Å². The van der Waals surface area contributed by atoms with Gasteiger partial charge in [0.15, 0.2) is 11.6 Å². The van der Waals surface area contributed by atoms with Crippen LogP contribution in [0.5, 0.6) is 0 Å². The zero-order valence-electron chi connectivity index (χ0n) is 32.6. The van der Waals surface area contributed by atoms with Crippen LogP contribution in [0.15, 0.2) is 104 Å². The highest BCUT2D eigenvalue weighted by atomic mass is 35.5. The lowest BCUT2D eigenvalue weighted by Crippen LogP contribution is -2.31. The highest BCUT2D eigenvalue weighted by Gasteiger charge is 2.39. The van der Waals surface area contributed by atoms with Crippen molar-refractivity contribution in [2.75, 3.05) is 27.3 Å². The van der Waals surface area contributed by atoms with Crippen LogP contribution in [0.4, 0.5) is 8.78 Å². The monoisotopic (exact) mass is 856 g/mol. The molecule has 8 rings (SSSR count). The normalized spacial score (nSPS) is 17.5. The predicted octanol–water partition coefficient (Wildman–Crippen LogP) is 8.85. The summed E-state index contributed by atoms with van der Waals surface area (Å²) in [4.78, 5) is 48.0. The number of amides is 2. The first-order valence-corrected chi connectivity index (χ1v) is 19.2. The number of hydrogen-bond donors (Lipinski definition) is 0. The standard InChI is InChI=1S/2C21H18ClFN4O3/c2*1-12-24-20(30-25-12)19-10-16(26-29-2)11-27(19)21(28)14-5-3-13(4-6-14)17-8-7-15(23)9-18(17)22/h2*3-9,19H,10-11H2,1-2H3/b26-16-;/t2*19-/m00/s1. The zero-order valence-corrected chi connectivity index (χ0v) is 34.1. The maximum Gasteiger partial charge on any atom is 0.254 e. The summed E-state index contributed by atoms with van der Waals surface area (Å²) in [6.45, 7) is 4.03. The molecule has 0 N–H and O–H groups in total. The highest BCUT2D eigenvalue weighted by Crippen LogP contribution is 2.35. The second kappa shape index (κ2) is 18.2. The lowest BCUT2D eigenvalue weighted by molar-refractivity contribution is 0.0706. The van der Waals surface area contributed by atoms with Crippen LogP contribution < -0.4 is 0 Å². The molecular weight excluding hydrogens is 821 g/mol. The Bertz CT molecular complexity index is 2400. The number of carbonyl (C=O) groups is 2. The van der Waals surface area contributed by atoms with Gasteiger partial charge in [0, 0.05) is 35.1 Å². The molecule has 14 nitrogen and oxygen atoms in total. The first-order chi connectivity index (χ1) is 28.9. The fourth-order valence-corrected chi connectivity index (χ4v) is 7.48. The van der Waals surface area contributed by atoms with E-state index in [9.17, 15) is 18.4 Å². The summed E-state index contributed by atoms with van der Waals surface area (Å²) < 4.78 is 37.2. The fourth-order valence-electron chi connectivity index (χ4n) is 6.93. The largest absolute Gasteiger partial charge is 0.399 e. The lowest BCUT2D eigenvalue weighted by Gasteiger charge is -2.21. The van der Waals surface area contributed by atoms with Gasteiger partial charge in [-0.1, -0.05) is 68.1 Å². The second-order valence-corrected chi connectivity index (χ2v) is 14.6. The van der Waals surface area contributed by atoms with Crippen LogP contribution in [0.3, 0.4) is 0 Å². The van der Waals surface area contributed by atoms with Crippen molar-refractivity contribution in [1.29, 1.82) is 0 Å². The molecule has 4 aromatic carbocycles. The average Bonchev–Trinajstić information content (AvgIpc) is 4.05. The molecule has 60 heavy (non-hydrogen) atoms. The Labute approximate surface area is 352 Å². The zero-order chi connectivity index (χ0) is 42.5. The SMILES string of the molecule is CO/N=C1/C[C@@H](c2nc(C)no2)N(C(=O)c2ccc(-c3ccc(F)cc3Cl)cc2)C1.CON=C1C[C@@H](c2nc(C)no2)N(C(=O)c2ccc(-c3ccc(F)cc3Cl)cc2)C1. The maximum atomic E-state index is 13.3. The molecule has 0 radical (unpaired) electrons. The number of aryl methyl sites for hydroxylation is 2. The van der Waals surface area contributed by atoms with Crippen molar-refractivity contribution in [3.05, 3.63) is 141 Å². The molecule has 18 heteroatoms. The number of rotatable bonds is 8. The summed E-state index contributed by atoms with van der Waals surface area (Å²) in [5.41, 5.74) is 5.32. The van der Waals surface area contributed by atoms with E-state index in [0.29, 0.717) is 93.1 Å². The van der Waals surface area contributed by atoms with Crippen LogP contribution in [-0.4, -0.2) is 80.6 Å². The predicted molar refractivity (Wildman–Crippen MR) is 217 cm³/mol. The van der Waals surface area contributed by atoms with Gasteiger partial charge in [-0.05, 0) is 85.6 Å². The van der Waals surface area contributed by atoms with Crippen molar-refractivity contribution >= 4 is 46.4 Å². The Kier molecular flexibility index (Phi) is 12.6. The molecule has 0 aliphatic carbocycles. The van der Waals surface area contributed by atoms with Gasteiger partial charge in [-0.25, -0.2) is 8.78 Å². The van der Waals surface area contributed by atoms with Gasteiger partial charge in [-0.2, -0.15) is 9.97 Å². The molecular formula is C42H36Cl2F2N8O6. The number of aromatic nitrogens is 4. The van der Waals surface area contributed by atoms with E-state index >= 15 is 0 Å². The number of halogens is 4. The van der Waals surface area contributed by atoms with Crippen molar-refractivity contribution in [3.63, 3.8) is 0 Å². The van der Waals surface area contributed by atoms with E-state index in [0.717, 1.165) is 11.1 Å². The Hall–Kier alpha value is -6.52. The van der Waals surface area contributed by atoms with E-state index in [2.05, 4.69) is 30.6 Å². The van der Waals surface area contributed by atoms with Crippen LogP contribution in [0.2, 0.25) is 10.0 Å². The second-order valence-electron chi connectivity index (χ2n) is 13.7. The molecule has 2 aliphatic rings. The number of likely N-dealkylation sites (tertiary alicyclic amines) is 2. The minimum atomic E-state index is -0.418. The molecule has 2 aliphatic heterocycles. The summed E-state index contributed by atoms with van der Waals surface area (Å²) in [5, 5.41) is 16.2. The van der Waals surface area contributed by atoms with Crippen LogP contribution in [0.25, 0.3) is 22.3 Å². The number of oxime groups is 2. The highest BCUT2D eigenvalue weighted by molar-refractivity contribution is 6.33. The quantitative estimate of drug-likeness (QED) is 0.135.